The normalized spacial score (nSPS) is 10.0. The van der Waals surface area contributed by atoms with Gasteiger partial charge in [0.2, 0.25) is 0 Å². The molecule has 2 rings (SSSR count). The lowest BCUT2D eigenvalue weighted by Crippen LogP contribution is -1.83. The molecule has 1 aromatic carbocycles. The minimum absolute atomic E-state index is 0.900. The number of nitrogens with one attached hydrogen (secondary N) is 1. The van der Waals surface area contributed by atoms with Crippen LogP contribution >= 0.6 is 0 Å². The molecule has 0 bridgehead atoms. The molecule has 0 aliphatic rings. The molecule has 2 heteroatoms. The van der Waals surface area contributed by atoms with E-state index in [-0.39, 0.29) is 0 Å². The highest BCUT2D eigenvalue weighted by molar-refractivity contribution is 5.21. The number of hydrogen-bond acceptors (Lipinski definition) is 1. The van der Waals surface area contributed by atoms with Crippen molar-refractivity contribution < 1.29 is 0 Å². The average Bonchev–Trinajstić information content (AvgIpc) is 2.59. The topological polar surface area (TPSA) is 28.7 Å². The van der Waals surface area contributed by atoms with E-state index < -0.39 is 0 Å². The van der Waals surface area contributed by atoms with Crippen molar-refractivity contribution in [3.63, 3.8) is 0 Å². The van der Waals surface area contributed by atoms with E-state index >= 15 is 0 Å². The summed E-state index contributed by atoms with van der Waals surface area (Å²) in [6.07, 6.45) is 5.65. The molecule has 1 heterocycles. The van der Waals surface area contributed by atoms with E-state index in [0.717, 1.165) is 12.0 Å². The molecule has 1 aromatic heterocycles. The molecular weight excluding hydrogens is 148 g/mol. The molecular formula is C10H9N2. The molecule has 0 saturated heterocycles. The van der Waals surface area contributed by atoms with Crippen molar-refractivity contribution in [3.05, 3.63) is 53.9 Å². The van der Waals surface area contributed by atoms with Crippen LogP contribution in [0.15, 0.2) is 36.5 Å². The van der Waals surface area contributed by atoms with Crippen LogP contribution in [0.3, 0.4) is 0 Å². The number of aromatic amines is 1. The summed E-state index contributed by atoms with van der Waals surface area (Å²) in [5.74, 6) is 0. The smallest absolute Gasteiger partial charge is 0.116 e. The molecule has 1 radical (unpaired) electrons. The molecule has 0 amide bonds. The molecule has 0 unspecified atom stereocenters. The van der Waals surface area contributed by atoms with Gasteiger partial charge in [-0.1, -0.05) is 30.3 Å². The van der Waals surface area contributed by atoms with Crippen molar-refractivity contribution in [2.24, 2.45) is 0 Å². The van der Waals surface area contributed by atoms with E-state index in [1.165, 1.54) is 5.56 Å². The minimum atomic E-state index is 0.900. The summed E-state index contributed by atoms with van der Waals surface area (Å²) < 4.78 is 0. The van der Waals surface area contributed by atoms with E-state index in [9.17, 15) is 0 Å². The van der Waals surface area contributed by atoms with Crippen molar-refractivity contribution in [3.8, 4) is 0 Å². The largest absolute Gasteiger partial charge is 0.285 e. The van der Waals surface area contributed by atoms with Gasteiger partial charge in [0.1, 0.15) is 6.20 Å². The van der Waals surface area contributed by atoms with E-state index in [4.69, 9.17) is 0 Å². The van der Waals surface area contributed by atoms with Crippen molar-refractivity contribution in [1.82, 2.24) is 10.2 Å². The fourth-order valence-electron chi connectivity index (χ4n) is 1.15. The molecule has 2 nitrogen and oxygen atoms in total. The van der Waals surface area contributed by atoms with Crippen LogP contribution in [0.2, 0.25) is 0 Å². The lowest BCUT2D eigenvalue weighted by molar-refractivity contribution is 1.08. The van der Waals surface area contributed by atoms with Gasteiger partial charge in [0.15, 0.2) is 0 Å². The molecule has 1 N–H and O–H groups in total. The van der Waals surface area contributed by atoms with Gasteiger partial charge >= 0.3 is 0 Å². The van der Waals surface area contributed by atoms with Crippen molar-refractivity contribution in [2.75, 3.05) is 0 Å². The molecule has 0 atom stereocenters. The first-order chi connectivity index (χ1) is 5.95. The SMILES string of the molecule is [c]1n[nH]cc1Cc1ccccc1. The van der Waals surface area contributed by atoms with Gasteiger partial charge in [-0.15, -0.1) is 0 Å². The second-order valence-electron chi connectivity index (χ2n) is 2.68. The molecule has 0 fully saturated rings. The quantitative estimate of drug-likeness (QED) is 0.707. The Balaban J connectivity index is 2.15. The van der Waals surface area contributed by atoms with Crippen LogP contribution in [0.1, 0.15) is 11.1 Å². The average molecular weight is 157 g/mol. The summed E-state index contributed by atoms with van der Waals surface area (Å²) in [5, 5.41) is 6.51. The number of benzene rings is 1. The van der Waals surface area contributed by atoms with Gasteiger partial charge in [0.05, 0.1) is 0 Å². The third-order valence-corrected chi connectivity index (χ3v) is 1.74. The molecule has 0 aliphatic heterocycles. The molecule has 2 aromatic rings. The molecule has 0 aliphatic carbocycles. The highest BCUT2D eigenvalue weighted by Gasteiger charge is 1.95. The van der Waals surface area contributed by atoms with Gasteiger partial charge < -0.3 is 0 Å². The summed E-state index contributed by atoms with van der Waals surface area (Å²) in [5.41, 5.74) is 2.39. The third-order valence-electron chi connectivity index (χ3n) is 1.74. The Bertz CT molecular complexity index is 324. The zero-order valence-corrected chi connectivity index (χ0v) is 6.62. The monoisotopic (exact) mass is 157 g/mol. The Labute approximate surface area is 71.3 Å². The summed E-state index contributed by atoms with van der Waals surface area (Å²) in [7, 11) is 0. The molecule has 0 spiro atoms. The van der Waals surface area contributed by atoms with Crippen LogP contribution in [0.4, 0.5) is 0 Å². The van der Waals surface area contributed by atoms with E-state index in [2.05, 4.69) is 28.5 Å². The van der Waals surface area contributed by atoms with E-state index in [0.29, 0.717) is 0 Å². The van der Waals surface area contributed by atoms with Gasteiger partial charge in [0, 0.05) is 18.2 Å². The number of rotatable bonds is 2. The molecule has 0 saturated carbocycles. The van der Waals surface area contributed by atoms with Crippen molar-refractivity contribution in [2.45, 2.75) is 6.42 Å². The summed E-state index contributed by atoms with van der Waals surface area (Å²) in [6.45, 7) is 0. The van der Waals surface area contributed by atoms with Crippen LogP contribution in [0, 0.1) is 6.20 Å². The second kappa shape index (κ2) is 3.22. The minimum Gasteiger partial charge on any atom is -0.285 e. The lowest BCUT2D eigenvalue weighted by Gasteiger charge is -1.95. The number of nitrogens with zero attached hydrogens (tertiary/aromatic N) is 1. The first kappa shape index (κ1) is 7.10. The van der Waals surface area contributed by atoms with Crippen LogP contribution in [0.25, 0.3) is 0 Å². The van der Waals surface area contributed by atoms with Gasteiger partial charge in [-0.05, 0) is 5.56 Å². The second-order valence-corrected chi connectivity index (χ2v) is 2.68. The Morgan fingerprint density at radius 2 is 2.08 bits per heavy atom. The molecule has 59 valence electrons. The fraction of sp³-hybridized carbons (Fsp3) is 0.100. The predicted octanol–water partition coefficient (Wildman–Crippen LogP) is 1.80. The Morgan fingerprint density at radius 3 is 2.75 bits per heavy atom. The van der Waals surface area contributed by atoms with E-state index in [1.807, 2.05) is 24.4 Å². The highest BCUT2D eigenvalue weighted by Crippen LogP contribution is 2.05. The number of aromatic nitrogens is 2. The maximum Gasteiger partial charge on any atom is 0.116 e. The summed E-state index contributed by atoms with van der Waals surface area (Å²) >= 11 is 0. The maximum atomic E-state index is 3.77. The fourth-order valence-corrected chi connectivity index (χ4v) is 1.15. The van der Waals surface area contributed by atoms with Crippen LogP contribution in [0.5, 0.6) is 0 Å². The van der Waals surface area contributed by atoms with Gasteiger partial charge in [-0.25, -0.2) is 0 Å². The standard InChI is InChI=1S/C10H9N2/c1-2-4-9(5-3-1)6-10-7-11-12-8-10/h1-5,7H,6H2,(H,11,12). The van der Waals surface area contributed by atoms with Crippen molar-refractivity contribution >= 4 is 0 Å². The van der Waals surface area contributed by atoms with Gasteiger partial charge in [0.25, 0.3) is 0 Å². The first-order valence-corrected chi connectivity index (χ1v) is 3.89. The zero-order valence-electron chi connectivity index (χ0n) is 6.62. The maximum absolute atomic E-state index is 3.77. The number of H-pyrrole nitrogens is 1. The molecule has 12 heavy (non-hydrogen) atoms. The highest BCUT2D eigenvalue weighted by atomic mass is 15.1. The number of hydrogen-bond donors (Lipinski definition) is 1. The Kier molecular flexibility index (Phi) is 1.90. The Morgan fingerprint density at radius 1 is 1.25 bits per heavy atom. The zero-order chi connectivity index (χ0) is 8.23. The van der Waals surface area contributed by atoms with Crippen LogP contribution in [-0.4, -0.2) is 10.2 Å². The van der Waals surface area contributed by atoms with Crippen LogP contribution in [-0.2, 0) is 6.42 Å². The van der Waals surface area contributed by atoms with Crippen LogP contribution < -0.4 is 0 Å². The van der Waals surface area contributed by atoms with Gasteiger partial charge in [-0.3, -0.25) is 5.10 Å². The summed E-state index contributed by atoms with van der Waals surface area (Å²) in [4.78, 5) is 0. The summed E-state index contributed by atoms with van der Waals surface area (Å²) in [6, 6.07) is 10.3. The Hall–Kier alpha value is -1.57. The lowest BCUT2D eigenvalue weighted by atomic mass is 10.1. The first-order valence-electron chi connectivity index (χ1n) is 3.89. The van der Waals surface area contributed by atoms with Gasteiger partial charge in [-0.2, -0.15) is 5.10 Å². The van der Waals surface area contributed by atoms with Crippen molar-refractivity contribution in [1.29, 1.82) is 0 Å². The van der Waals surface area contributed by atoms with E-state index in [1.54, 1.807) is 0 Å². The third kappa shape index (κ3) is 1.53. The predicted molar refractivity (Wildman–Crippen MR) is 46.7 cm³/mol.